The van der Waals surface area contributed by atoms with E-state index in [1.165, 1.54) is 25.5 Å². The van der Waals surface area contributed by atoms with E-state index in [4.69, 9.17) is 9.47 Å². The molecule has 3 rings (SSSR count). The molecule has 1 N–H and O–H groups in total. The van der Waals surface area contributed by atoms with Crippen LogP contribution in [0.15, 0.2) is 24.3 Å². The summed E-state index contributed by atoms with van der Waals surface area (Å²) in [5.74, 6) is 1.69. The molecule has 1 atom stereocenters. The average Bonchev–Trinajstić information content (AvgIpc) is 3.38. The number of benzene rings is 1. The number of carbonyl (C=O) groups is 1. The van der Waals surface area contributed by atoms with E-state index in [0.717, 1.165) is 31.7 Å². The fourth-order valence-corrected chi connectivity index (χ4v) is 3.24. The number of nitrogens with one attached hydrogen (secondary N) is 1. The van der Waals surface area contributed by atoms with Crippen LogP contribution in [0.1, 0.15) is 43.6 Å². The highest BCUT2D eigenvalue weighted by atomic mass is 16.5. The van der Waals surface area contributed by atoms with Crippen molar-refractivity contribution in [1.82, 2.24) is 5.32 Å². The summed E-state index contributed by atoms with van der Waals surface area (Å²) in [5, 5.41) is 3.35. The van der Waals surface area contributed by atoms with Crippen molar-refractivity contribution in [2.45, 2.75) is 44.1 Å². The molecule has 0 bridgehead atoms. The lowest BCUT2D eigenvalue weighted by Crippen LogP contribution is -2.34. The first kappa shape index (κ1) is 15.3. The van der Waals surface area contributed by atoms with Crippen LogP contribution in [-0.2, 0) is 9.53 Å². The molecule has 2 fully saturated rings. The Morgan fingerprint density at radius 1 is 1.27 bits per heavy atom. The van der Waals surface area contributed by atoms with Crippen LogP contribution in [-0.4, -0.2) is 32.3 Å². The number of hydrogen-bond acceptors (Lipinski definition) is 4. The van der Waals surface area contributed by atoms with Crippen molar-refractivity contribution in [2.75, 3.05) is 20.2 Å². The SMILES string of the molecule is COC(=O)C[C@H](c1cccc(OC2CCNCC2)c1)C1CC1. The molecule has 0 amide bonds. The molecule has 22 heavy (non-hydrogen) atoms. The Kier molecular flexibility index (Phi) is 4.98. The van der Waals surface area contributed by atoms with Gasteiger partial charge in [-0.1, -0.05) is 12.1 Å². The first-order chi connectivity index (χ1) is 10.8. The Bertz CT molecular complexity index is 507. The maximum Gasteiger partial charge on any atom is 0.306 e. The first-order valence-electron chi connectivity index (χ1n) is 8.30. The Balaban J connectivity index is 1.69. The Morgan fingerprint density at radius 3 is 2.73 bits per heavy atom. The van der Waals surface area contributed by atoms with Gasteiger partial charge in [0, 0.05) is 0 Å². The summed E-state index contributed by atoms with van der Waals surface area (Å²) in [6.45, 7) is 2.05. The Hall–Kier alpha value is -1.55. The number of ether oxygens (including phenoxy) is 2. The maximum atomic E-state index is 11.7. The Morgan fingerprint density at radius 2 is 2.05 bits per heavy atom. The average molecular weight is 303 g/mol. The number of rotatable bonds is 6. The van der Waals surface area contributed by atoms with Gasteiger partial charge in [0.15, 0.2) is 0 Å². The van der Waals surface area contributed by atoms with Crippen LogP contribution in [0, 0.1) is 5.92 Å². The normalized spacial score (nSPS) is 20.4. The number of carbonyl (C=O) groups excluding carboxylic acids is 1. The van der Waals surface area contributed by atoms with E-state index in [9.17, 15) is 4.79 Å². The van der Waals surface area contributed by atoms with Crippen molar-refractivity contribution in [2.24, 2.45) is 5.92 Å². The third-order valence-electron chi connectivity index (χ3n) is 4.68. The highest BCUT2D eigenvalue weighted by Crippen LogP contribution is 2.45. The van der Waals surface area contributed by atoms with Gasteiger partial charge in [0.1, 0.15) is 11.9 Å². The summed E-state index contributed by atoms with van der Waals surface area (Å²) in [7, 11) is 1.46. The number of hydrogen-bond donors (Lipinski definition) is 1. The maximum absolute atomic E-state index is 11.7. The largest absolute Gasteiger partial charge is 0.490 e. The molecular formula is C18H25NO3. The molecule has 1 aromatic carbocycles. The van der Waals surface area contributed by atoms with E-state index in [2.05, 4.69) is 17.4 Å². The lowest BCUT2D eigenvalue weighted by molar-refractivity contribution is -0.141. The van der Waals surface area contributed by atoms with Crippen LogP contribution in [0.2, 0.25) is 0 Å². The molecule has 0 spiro atoms. The molecular weight excluding hydrogens is 278 g/mol. The van der Waals surface area contributed by atoms with Gasteiger partial charge in [-0.3, -0.25) is 4.79 Å². The number of methoxy groups -OCH3 is 1. The molecule has 1 aromatic rings. The lowest BCUT2D eigenvalue weighted by Gasteiger charge is -2.24. The molecule has 1 aliphatic carbocycles. The second-order valence-electron chi connectivity index (χ2n) is 6.36. The van der Waals surface area contributed by atoms with E-state index in [0.29, 0.717) is 18.4 Å². The highest BCUT2D eigenvalue weighted by Gasteiger charge is 2.34. The van der Waals surface area contributed by atoms with Crippen molar-refractivity contribution in [1.29, 1.82) is 0 Å². The van der Waals surface area contributed by atoms with Gasteiger partial charge in [0.25, 0.3) is 0 Å². The first-order valence-corrected chi connectivity index (χ1v) is 8.30. The molecule has 1 saturated carbocycles. The van der Waals surface area contributed by atoms with Crippen LogP contribution >= 0.6 is 0 Å². The van der Waals surface area contributed by atoms with E-state index in [-0.39, 0.29) is 11.9 Å². The van der Waals surface area contributed by atoms with E-state index in [1.54, 1.807) is 0 Å². The van der Waals surface area contributed by atoms with Crippen LogP contribution in [0.25, 0.3) is 0 Å². The predicted octanol–water partition coefficient (Wildman–Crippen LogP) is 2.87. The summed E-state index contributed by atoms with van der Waals surface area (Å²) in [6.07, 6.45) is 5.30. The predicted molar refractivity (Wildman–Crippen MR) is 85.1 cm³/mol. The lowest BCUT2D eigenvalue weighted by atomic mass is 9.91. The summed E-state index contributed by atoms with van der Waals surface area (Å²) in [5.41, 5.74) is 1.21. The quantitative estimate of drug-likeness (QED) is 0.821. The fourth-order valence-electron chi connectivity index (χ4n) is 3.24. The zero-order chi connectivity index (χ0) is 15.4. The second-order valence-corrected chi connectivity index (χ2v) is 6.36. The number of piperidine rings is 1. The zero-order valence-electron chi connectivity index (χ0n) is 13.2. The minimum absolute atomic E-state index is 0.124. The zero-order valence-corrected chi connectivity index (χ0v) is 13.2. The monoisotopic (exact) mass is 303 g/mol. The second kappa shape index (κ2) is 7.14. The molecule has 4 heteroatoms. The van der Waals surface area contributed by atoms with Gasteiger partial charge >= 0.3 is 5.97 Å². The molecule has 1 heterocycles. The van der Waals surface area contributed by atoms with Crippen molar-refractivity contribution in [3.63, 3.8) is 0 Å². The third-order valence-corrected chi connectivity index (χ3v) is 4.68. The molecule has 4 nitrogen and oxygen atoms in total. The van der Waals surface area contributed by atoms with Crippen LogP contribution in [0.4, 0.5) is 0 Å². The van der Waals surface area contributed by atoms with Crippen LogP contribution in [0.5, 0.6) is 5.75 Å². The van der Waals surface area contributed by atoms with Gasteiger partial charge in [0.2, 0.25) is 0 Å². The fraction of sp³-hybridized carbons (Fsp3) is 0.611. The van der Waals surface area contributed by atoms with Crippen molar-refractivity contribution in [3.05, 3.63) is 29.8 Å². The molecule has 0 radical (unpaired) electrons. The summed E-state index contributed by atoms with van der Waals surface area (Å²) in [4.78, 5) is 11.7. The van der Waals surface area contributed by atoms with Gasteiger partial charge in [-0.25, -0.2) is 0 Å². The van der Waals surface area contributed by atoms with Crippen LogP contribution in [0.3, 0.4) is 0 Å². The molecule has 0 aromatic heterocycles. The molecule has 1 aliphatic heterocycles. The number of esters is 1. The van der Waals surface area contributed by atoms with Gasteiger partial charge in [0.05, 0.1) is 13.5 Å². The minimum Gasteiger partial charge on any atom is -0.490 e. The topological polar surface area (TPSA) is 47.6 Å². The summed E-state index contributed by atoms with van der Waals surface area (Å²) >= 11 is 0. The van der Waals surface area contributed by atoms with Crippen molar-refractivity contribution < 1.29 is 14.3 Å². The molecule has 1 saturated heterocycles. The Labute approximate surface area is 132 Å². The molecule has 0 unspecified atom stereocenters. The van der Waals surface area contributed by atoms with E-state index in [1.807, 2.05) is 12.1 Å². The highest BCUT2D eigenvalue weighted by molar-refractivity contribution is 5.70. The molecule has 2 aliphatic rings. The van der Waals surface area contributed by atoms with Gasteiger partial charge in [-0.2, -0.15) is 0 Å². The smallest absolute Gasteiger partial charge is 0.306 e. The van der Waals surface area contributed by atoms with Crippen LogP contribution < -0.4 is 10.1 Å². The van der Waals surface area contributed by atoms with Gasteiger partial charge in [-0.05, 0) is 68.3 Å². The summed E-state index contributed by atoms with van der Waals surface area (Å²) < 4.78 is 11.0. The minimum atomic E-state index is -0.124. The van der Waals surface area contributed by atoms with E-state index >= 15 is 0 Å². The standard InChI is InChI=1S/C18H25NO3/c1-21-18(20)12-17(13-5-6-13)14-3-2-4-16(11-14)22-15-7-9-19-10-8-15/h2-4,11,13,15,17,19H,5-10,12H2,1H3/t17-/m0/s1. The molecule has 120 valence electrons. The van der Waals surface area contributed by atoms with Crippen molar-refractivity contribution in [3.8, 4) is 5.75 Å². The van der Waals surface area contributed by atoms with Gasteiger partial charge < -0.3 is 14.8 Å². The van der Waals surface area contributed by atoms with Gasteiger partial charge in [-0.15, -0.1) is 0 Å². The summed E-state index contributed by atoms with van der Waals surface area (Å²) in [6, 6.07) is 8.29. The van der Waals surface area contributed by atoms with Crippen molar-refractivity contribution >= 4 is 5.97 Å². The van der Waals surface area contributed by atoms with E-state index < -0.39 is 0 Å². The third kappa shape index (κ3) is 4.01.